The Morgan fingerprint density at radius 1 is 1.25 bits per heavy atom. The summed E-state index contributed by atoms with van der Waals surface area (Å²) in [5, 5.41) is 0. The number of allylic oxidation sites excluding steroid dienone is 2. The zero-order chi connectivity index (χ0) is 6.04. The molecule has 1 aliphatic rings. The van der Waals surface area contributed by atoms with Gasteiger partial charge in [0.15, 0.2) is 0 Å². The molecule has 0 N–H and O–H groups in total. The van der Waals surface area contributed by atoms with Gasteiger partial charge in [-0.15, -0.1) is 0 Å². The molecule has 0 aromatic rings. The highest BCUT2D eigenvalue weighted by molar-refractivity contribution is 4.93. The van der Waals surface area contributed by atoms with Gasteiger partial charge < -0.3 is 0 Å². The molecule has 0 saturated heterocycles. The van der Waals surface area contributed by atoms with E-state index in [0.717, 1.165) is 0 Å². The van der Waals surface area contributed by atoms with Crippen molar-refractivity contribution in [1.29, 1.82) is 0 Å². The van der Waals surface area contributed by atoms with E-state index < -0.39 is 5.92 Å². The summed E-state index contributed by atoms with van der Waals surface area (Å²) in [6, 6.07) is 0. The lowest BCUT2D eigenvalue weighted by Crippen LogP contribution is -2.16. The summed E-state index contributed by atoms with van der Waals surface area (Å²) in [4.78, 5) is 0. The summed E-state index contributed by atoms with van der Waals surface area (Å²) in [5.41, 5.74) is 0. The monoisotopic (exact) mass is 118 g/mol. The van der Waals surface area contributed by atoms with Gasteiger partial charge in [0.2, 0.25) is 0 Å². The lowest BCUT2D eigenvalue weighted by Gasteiger charge is -2.15. The first-order chi connectivity index (χ1) is 3.71. The maximum absolute atomic E-state index is 12.2. The van der Waals surface area contributed by atoms with E-state index in [1.54, 1.807) is 12.2 Å². The van der Waals surface area contributed by atoms with Crippen LogP contribution in [0.3, 0.4) is 0 Å². The van der Waals surface area contributed by atoms with Crippen LogP contribution in [-0.4, -0.2) is 5.92 Å². The van der Waals surface area contributed by atoms with Crippen LogP contribution in [0, 0.1) is 0 Å². The Morgan fingerprint density at radius 3 is 2.25 bits per heavy atom. The Kier molecular flexibility index (Phi) is 1.32. The van der Waals surface area contributed by atoms with Crippen molar-refractivity contribution in [2.24, 2.45) is 0 Å². The summed E-state index contributed by atoms with van der Waals surface area (Å²) < 4.78 is 24.3. The molecule has 1 aliphatic carbocycles. The first-order valence-corrected chi connectivity index (χ1v) is 2.73. The number of halogens is 2. The second-order valence-corrected chi connectivity index (χ2v) is 2.07. The molecule has 0 unspecified atom stereocenters. The molecule has 0 fully saturated rings. The third-order valence-electron chi connectivity index (χ3n) is 1.26. The zero-order valence-electron chi connectivity index (χ0n) is 4.53. The second kappa shape index (κ2) is 1.84. The molecular weight excluding hydrogens is 110 g/mol. The van der Waals surface area contributed by atoms with Crippen molar-refractivity contribution in [2.75, 3.05) is 0 Å². The fraction of sp³-hybridized carbons (Fsp3) is 0.667. The molecule has 1 rings (SSSR count). The summed E-state index contributed by atoms with van der Waals surface area (Å²) >= 11 is 0. The van der Waals surface area contributed by atoms with E-state index in [2.05, 4.69) is 0 Å². The maximum atomic E-state index is 12.2. The quantitative estimate of drug-likeness (QED) is 0.428. The van der Waals surface area contributed by atoms with E-state index in [1.807, 2.05) is 0 Å². The first-order valence-electron chi connectivity index (χ1n) is 2.73. The molecule has 0 heterocycles. The lowest BCUT2D eigenvalue weighted by atomic mass is 10.0. The highest BCUT2D eigenvalue weighted by Gasteiger charge is 2.27. The molecule has 0 spiro atoms. The van der Waals surface area contributed by atoms with Gasteiger partial charge in [-0.3, -0.25) is 0 Å². The van der Waals surface area contributed by atoms with Gasteiger partial charge >= 0.3 is 0 Å². The van der Waals surface area contributed by atoms with Crippen molar-refractivity contribution in [2.45, 2.75) is 25.2 Å². The Bertz CT molecular complexity index is 105. The smallest absolute Gasteiger partial charge is 0.207 e. The molecule has 0 amide bonds. The van der Waals surface area contributed by atoms with Crippen molar-refractivity contribution in [3.63, 3.8) is 0 Å². The van der Waals surface area contributed by atoms with Crippen LogP contribution in [0.2, 0.25) is 0 Å². The van der Waals surface area contributed by atoms with Crippen LogP contribution in [0.25, 0.3) is 0 Å². The third-order valence-corrected chi connectivity index (χ3v) is 1.26. The van der Waals surface area contributed by atoms with Gasteiger partial charge in [-0.25, -0.2) is 8.78 Å². The summed E-state index contributed by atoms with van der Waals surface area (Å²) in [6.07, 6.45) is 3.85. The van der Waals surface area contributed by atoms with E-state index in [4.69, 9.17) is 0 Å². The number of hydrogen-bond acceptors (Lipinski definition) is 0. The molecule has 0 aromatic heterocycles. The van der Waals surface area contributed by atoms with Gasteiger partial charge in [-0.1, -0.05) is 12.2 Å². The number of alkyl halides is 2. The van der Waals surface area contributed by atoms with Crippen LogP contribution >= 0.6 is 0 Å². The van der Waals surface area contributed by atoms with Crippen molar-refractivity contribution in [3.8, 4) is 0 Å². The predicted octanol–water partition coefficient (Wildman–Crippen LogP) is 2.36. The van der Waals surface area contributed by atoms with E-state index >= 15 is 0 Å². The Morgan fingerprint density at radius 2 is 2.00 bits per heavy atom. The highest BCUT2D eigenvalue weighted by Crippen LogP contribution is 2.28. The van der Waals surface area contributed by atoms with Crippen molar-refractivity contribution in [1.82, 2.24) is 0 Å². The molecule has 0 saturated carbocycles. The summed E-state index contributed by atoms with van der Waals surface area (Å²) in [7, 11) is 0. The minimum absolute atomic E-state index is 0.0312. The minimum atomic E-state index is -2.41. The van der Waals surface area contributed by atoms with Gasteiger partial charge in [0.1, 0.15) is 0 Å². The van der Waals surface area contributed by atoms with E-state index in [9.17, 15) is 8.78 Å². The van der Waals surface area contributed by atoms with E-state index in [1.165, 1.54) is 0 Å². The van der Waals surface area contributed by atoms with Crippen molar-refractivity contribution < 1.29 is 8.78 Å². The molecule has 0 aliphatic heterocycles. The number of hydrogen-bond donors (Lipinski definition) is 0. The predicted molar refractivity (Wildman–Crippen MR) is 27.9 cm³/mol. The number of rotatable bonds is 0. The Labute approximate surface area is 47.2 Å². The first kappa shape index (κ1) is 5.73. The fourth-order valence-corrected chi connectivity index (χ4v) is 0.770. The van der Waals surface area contributed by atoms with Gasteiger partial charge in [0.05, 0.1) is 0 Å². The Hall–Kier alpha value is -0.400. The highest BCUT2D eigenvalue weighted by atomic mass is 19.3. The van der Waals surface area contributed by atoms with Crippen LogP contribution in [0.1, 0.15) is 19.3 Å². The molecule has 8 heavy (non-hydrogen) atoms. The summed E-state index contributed by atoms with van der Waals surface area (Å²) in [5.74, 6) is -2.41. The van der Waals surface area contributed by atoms with E-state index in [0.29, 0.717) is 6.42 Å². The minimum Gasteiger partial charge on any atom is -0.207 e. The van der Waals surface area contributed by atoms with Crippen LogP contribution in [0.5, 0.6) is 0 Å². The van der Waals surface area contributed by atoms with Crippen LogP contribution in [0.4, 0.5) is 8.78 Å². The molecule has 0 bridgehead atoms. The van der Waals surface area contributed by atoms with Crippen molar-refractivity contribution >= 4 is 0 Å². The van der Waals surface area contributed by atoms with Gasteiger partial charge in [-0.2, -0.15) is 0 Å². The average Bonchev–Trinajstić information content (AvgIpc) is 1.65. The van der Waals surface area contributed by atoms with Crippen LogP contribution < -0.4 is 0 Å². The van der Waals surface area contributed by atoms with Gasteiger partial charge in [0, 0.05) is 12.8 Å². The molecular formula is C6H8F2. The second-order valence-electron chi connectivity index (χ2n) is 2.07. The molecule has 0 atom stereocenters. The molecule has 2 heteroatoms. The normalized spacial score (nSPS) is 25.8. The largest absolute Gasteiger partial charge is 0.251 e. The molecule has 46 valence electrons. The molecule has 0 nitrogen and oxygen atoms in total. The van der Waals surface area contributed by atoms with E-state index in [-0.39, 0.29) is 12.8 Å². The fourth-order valence-electron chi connectivity index (χ4n) is 0.770. The average molecular weight is 118 g/mol. The molecule has 0 radical (unpaired) electrons. The van der Waals surface area contributed by atoms with Gasteiger partial charge in [-0.05, 0) is 6.42 Å². The standard InChI is InChI=1S/C6H8F2/c7-6(8)4-2-1-3-5-6/h1-2H,3-5H2. The zero-order valence-corrected chi connectivity index (χ0v) is 4.53. The maximum Gasteiger partial charge on any atom is 0.251 e. The molecule has 0 aromatic carbocycles. The lowest BCUT2D eigenvalue weighted by molar-refractivity contribution is -0.00720. The van der Waals surface area contributed by atoms with Crippen LogP contribution in [-0.2, 0) is 0 Å². The SMILES string of the molecule is FC1(F)CC=CCC1. The topological polar surface area (TPSA) is 0 Å². The third kappa shape index (κ3) is 1.29. The van der Waals surface area contributed by atoms with Crippen molar-refractivity contribution in [3.05, 3.63) is 12.2 Å². The van der Waals surface area contributed by atoms with Crippen LogP contribution in [0.15, 0.2) is 12.2 Å². The Balaban J connectivity index is 2.50. The summed E-state index contributed by atoms with van der Waals surface area (Å²) in [6.45, 7) is 0. The van der Waals surface area contributed by atoms with Gasteiger partial charge in [0.25, 0.3) is 5.92 Å².